The summed E-state index contributed by atoms with van der Waals surface area (Å²) >= 11 is 0. The van der Waals surface area contributed by atoms with Gasteiger partial charge in [0.05, 0.1) is 18.3 Å². The van der Waals surface area contributed by atoms with E-state index in [4.69, 9.17) is 4.42 Å². The standard InChI is InChI=1S/C20H20N4O3/c1-3-15(21-19(25)17-9-6-10-27-17)12-23-20(26)24-16-8-5-4-7-14(16)11-13(2)18(24)22-23/h4-11,15H,3,12H2,1-2H3,(H,21,25)/t15-/m1/s1. The van der Waals surface area contributed by atoms with Gasteiger partial charge in [-0.1, -0.05) is 25.1 Å². The summed E-state index contributed by atoms with van der Waals surface area (Å²) in [7, 11) is 0. The van der Waals surface area contributed by atoms with Crippen molar-refractivity contribution >= 4 is 22.5 Å². The summed E-state index contributed by atoms with van der Waals surface area (Å²) in [6.45, 7) is 4.18. The molecule has 0 fully saturated rings. The Hall–Kier alpha value is -3.35. The maximum atomic E-state index is 13.0. The number of nitrogens with one attached hydrogen (secondary N) is 1. The zero-order valence-electron chi connectivity index (χ0n) is 15.2. The minimum absolute atomic E-state index is 0.212. The molecule has 1 atom stereocenters. The van der Waals surface area contributed by atoms with Crippen LogP contribution >= 0.6 is 0 Å². The van der Waals surface area contributed by atoms with Crippen LogP contribution in [0, 0.1) is 6.92 Å². The second-order valence-corrected chi connectivity index (χ2v) is 6.57. The Morgan fingerprint density at radius 2 is 2.07 bits per heavy atom. The normalized spacial score (nSPS) is 12.5. The molecule has 0 bridgehead atoms. The van der Waals surface area contributed by atoms with Crippen molar-refractivity contribution < 1.29 is 9.21 Å². The second kappa shape index (κ2) is 6.75. The van der Waals surface area contributed by atoms with E-state index in [1.54, 1.807) is 16.5 Å². The predicted octanol–water partition coefficient (Wildman–Crippen LogP) is 2.76. The van der Waals surface area contributed by atoms with Crippen LogP contribution in [-0.2, 0) is 6.54 Å². The maximum Gasteiger partial charge on any atom is 0.350 e. The van der Waals surface area contributed by atoms with Gasteiger partial charge < -0.3 is 9.73 Å². The predicted molar refractivity (Wildman–Crippen MR) is 102 cm³/mol. The molecule has 0 spiro atoms. The number of carbonyl (C=O) groups excluding carboxylic acids is 1. The number of hydrogen-bond donors (Lipinski definition) is 1. The number of nitrogens with zero attached hydrogens (tertiary/aromatic N) is 3. The number of rotatable bonds is 5. The summed E-state index contributed by atoms with van der Waals surface area (Å²) in [5, 5.41) is 8.40. The zero-order chi connectivity index (χ0) is 19.0. The van der Waals surface area contributed by atoms with Crippen LogP contribution in [0.1, 0.15) is 29.5 Å². The van der Waals surface area contributed by atoms with Gasteiger partial charge in [-0.15, -0.1) is 5.10 Å². The highest BCUT2D eigenvalue weighted by Crippen LogP contribution is 2.18. The van der Waals surface area contributed by atoms with E-state index in [1.807, 2.05) is 44.2 Å². The molecule has 0 aliphatic rings. The minimum Gasteiger partial charge on any atom is -0.459 e. The molecule has 7 nitrogen and oxygen atoms in total. The first-order valence-electron chi connectivity index (χ1n) is 8.90. The van der Waals surface area contributed by atoms with E-state index in [-0.39, 0.29) is 29.9 Å². The number of fused-ring (bicyclic) bond motifs is 3. The van der Waals surface area contributed by atoms with E-state index < -0.39 is 0 Å². The average Bonchev–Trinajstić information content (AvgIpc) is 3.31. The Bertz CT molecular complexity index is 1170. The van der Waals surface area contributed by atoms with Crippen LogP contribution in [0.5, 0.6) is 0 Å². The third kappa shape index (κ3) is 3.01. The van der Waals surface area contributed by atoms with Crippen molar-refractivity contribution in [3.63, 3.8) is 0 Å². The molecule has 3 aromatic heterocycles. The molecule has 138 valence electrons. The van der Waals surface area contributed by atoms with Gasteiger partial charge in [-0.3, -0.25) is 4.79 Å². The first kappa shape index (κ1) is 17.1. The lowest BCUT2D eigenvalue weighted by Crippen LogP contribution is -2.40. The molecule has 0 saturated heterocycles. The monoisotopic (exact) mass is 364 g/mol. The highest BCUT2D eigenvalue weighted by atomic mass is 16.3. The van der Waals surface area contributed by atoms with E-state index in [1.165, 1.54) is 10.9 Å². The third-order valence-electron chi connectivity index (χ3n) is 4.71. The van der Waals surface area contributed by atoms with E-state index in [2.05, 4.69) is 10.4 Å². The highest BCUT2D eigenvalue weighted by molar-refractivity contribution is 5.91. The first-order valence-corrected chi connectivity index (χ1v) is 8.90. The van der Waals surface area contributed by atoms with Crippen molar-refractivity contribution in [1.29, 1.82) is 0 Å². The lowest BCUT2D eigenvalue weighted by molar-refractivity contribution is 0.0902. The number of carbonyl (C=O) groups is 1. The summed E-state index contributed by atoms with van der Waals surface area (Å²) < 4.78 is 8.18. The molecule has 4 aromatic rings. The molecular formula is C20H20N4O3. The van der Waals surface area contributed by atoms with Crippen molar-refractivity contribution in [2.45, 2.75) is 32.9 Å². The fourth-order valence-corrected chi connectivity index (χ4v) is 3.26. The van der Waals surface area contributed by atoms with Gasteiger partial charge in [0.25, 0.3) is 5.91 Å². The van der Waals surface area contributed by atoms with E-state index >= 15 is 0 Å². The molecule has 27 heavy (non-hydrogen) atoms. The van der Waals surface area contributed by atoms with Crippen molar-refractivity contribution in [3.8, 4) is 0 Å². The Morgan fingerprint density at radius 1 is 1.26 bits per heavy atom. The first-order chi connectivity index (χ1) is 13.1. The molecule has 0 saturated carbocycles. The molecule has 0 unspecified atom stereocenters. The van der Waals surface area contributed by atoms with Crippen molar-refractivity contribution in [1.82, 2.24) is 19.5 Å². The van der Waals surface area contributed by atoms with Crippen molar-refractivity contribution in [2.75, 3.05) is 0 Å². The quantitative estimate of drug-likeness (QED) is 0.590. The third-order valence-corrected chi connectivity index (χ3v) is 4.71. The Labute approximate surface area is 155 Å². The summed E-state index contributed by atoms with van der Waals surface area (Å²) in [6, 6.07) is 12.8. The SMILES string of the molecule is CC[C@H](Cn1nc2c(C)cc3ccccc3n2c1=O)NC(=O)c1ccco1. The number of pyridine rings is 1. The van der Waals surface area contributed by atoms with Crippen molar-refractivity contribution in [2.24, 2.45) is 0 Å². The zero-order valence-corrected chi connectivity index (χ0v) is 15.2. The van der Waals surface area contributed by atoms with E-state index in [0.717, 1.165) is 16.5 Å². The molecule has 7 heteroatoms. The molecule has 0 aliphatic heterocycles. The van der Waals surface area contributed by atoms with Crippen molar-refractivity contribution in [3.05, 3.63) is 70.5 Å². The smallest absolute Gasteiger partial charge is 0.350 e. The molecule has 1 N–H and O–H groups in total. The van der Waals surface area contributed by atoms with Gasteiger partial charge in [0.15, 0.2) is 11.4 Å². The van der Waals surface area contributed by atoms with Gasteiger partial charge in [-0.05, 0) is 48.6 Å². The van der Waals surface area contributed by atoms with Crippen LogP contribution in [0.25, 0.3) is 16.6 Å². The molecular weight excluding hydrogens is 344 g/mol. The lowest BCUT2D eigenvalue weighted by atomic mass is 10.1. The van der Waals surface area contributed by atoms with E-state index in [9.17, 15) is 9.59 Å². The number of para-hydroxylation sites is 1. The lowest BCUT2D eigenvalue weighted by Gasteiger charge is -2.15. The minimum atomic E-state index is -0.301. The Kier molecular flexibility index (Phi) is 4.27. The summed E-state index contributed by atoms with van der Waals surface area (Å²) in [6.07, 6.45) is 2.11. The number of hydrogen-bond acceptors (Lipinski definition) is 4. The Balaban J connectivity index is 1.70. The Morgan fingerprint density at radius 3 is 2.81 bits per heavy atom. The maximum absolute atomic E-state index is 13.0. The van der Waals surface area contributed by atoms with Crippen LogP contribution < -0.4 is 11.0 Å². The molecule has 0 radical (unpaired) electrons. The van der Waals surface area contributed by atoms with Crippen LogP contribution in [0.4, 0.5) is 0 Å². The van der Waals surface area contributed by atoms with E-state index in [0.29, 0.717) is 12.1 Å². The second-order valence-electron chi connectivity index (χ2n) is 6.57. The molecule has 3 heterocycles. The number of aryl methyl sites for hydroxylation is 1. The van der Waals surface area contributed by atoms with Gasteiger partial charge in [-0.25, -0.2) is 13.9 Å². The fraction of sp³-hybridized carbons (Fsp3) is 0.250. The highest BCUT2D eigenvalue weighted by Gasteiger charge is 2.18. The van der Waals surface area contributed by atoms with Crippen LogP contribution in [-0.4, -0.2) is 26.1 Å². The van der Waals surface area contributed by atoms with Gasteiger partial charge in [0.2, 0.25) is 0 Å². The number of benzene rings is 1. The summed E-state index contributed by atoms with van der Waals surface area (Å²) in [4.78, 5) is 25.2. The average molecular weight is 364 g/mol. The number of furan rings is 1. The van der Waals surface area contributed by atoms with Gasteiger partial charge >= 0.3 is 5.69 Å². The summed E-state index contributed by atoms with van der Waals surface area (Å²) in [5.74, 6) is -0.0528. The number of aromatic nitrogens is 3. The van der Waals surface area contributed by atoms with Crippen LogP contribution in [0.15, 0.2) is 57.9 Å². The molecule has 1 aromatic carbocycles. The summed E-state index contributed by atoms with van der Waals surface area (Å²) in [5.41, 5.74) is 2.17. The number of amides is 1. The van der Waals surface area contributed by atoms with Gasteiger partial charge in [-0.2, -0.15) is 0 Å². The van der Waals surface area contributed by atoms with Crippen LogP contribution in [0.3, 0.4) is 0 Å². The largest absolute Gasteiger partial charge is 0.459 e. The van der Waals surface area contributed by atoms with Crippen LogP contribution in [0.2, 0.25) is 0 Å². The van der Waals surface area contributed by atoms with Gasteiger partial charge in [0.1, 0.15) is 0 Å². The molecule has 1 amide bonds. The van der Waals surface area contributed by atoms with Gasteiger partial charge in [0, 0.05) is 6.04 Å². The molecule has 0 aliphatic carbocycles. The molecule has 4 rings (SSSR count). The fourth-order valence-electron chi connectivity index (χ4n) is 3.26. The topological polar surface area (TPSA) is 81.5 Å².